The number of carbonyl (C=O) groups excluding carboxylic acids is 1. The van der Waals surface area contributed by atoms with Crippen molar-refractivity contribution in [1.82, 2.24) is 30.0 Å². The minimum absolute atomic E-state index is 0.172. The summed E-state index contributed by atoms with van der Waals surface area (Å²) in [5.41, 5.74) is 0.966. The molecule has 0 saturated carbocycles. The van der Waals surface area contributed by atoms with Gasteiger partial charge >= 0.3 is 6.03 Å². The molecule has 2 aromatic heterocycles. The molecule has 0 aliphatic heterocycles. The number of nitrogens with zero attached hydrogens (tertiary/aromatic N) is 5. The van der Waals surface area contributed by atoms with Crippen molar-refractivity contribution in [3.8, 4) is 0 Å². The molecule has 0 spiro atoms. The number of pyridine rings is 1. The van der Waals surface area contributed by atoms with E-state index in [1.54, 1.807) is 29.1 Å². The van der Waals surface area contributed by atoms with Crippen LogP contribution in [0.1, 0.15) is 31.3 Å². The zero-order valence-corrected chi connectivity index (χ0v) is 14.3. The summed E-state index contributed by atoms with van der Waals surface area (Å²) in [6.45, 7) is 6.01. The maximum atomic E-state index is 12.6. The summed E-state index contributed by atoms with van der Waals surface area (Å²) in [4.78, 5) is 22.7. The van der Waals surface area contributed by atoms with Crippen molar-refractivity contribution in [3.63, 3.8) is 0 Å². The Morgan fingerprint density at radius 2 is 2.33 bits per heavy atom. The van der Waals surface area contributed by atoms with E-state index in [2.05, 4.69) is 20.4 Å². The van der Waals surface area contributed by atoms with Crippen LogP contribution in [-0.4, -0.2) is 50.9 Å². The topological polar surface area (TPSA) is 85.2 Å². The van der Waals surface area contributed by atoms with Crippen molar-refractivity contribution in [2.45, 2.75) is 33.0 Å². The van der Waals surface area contributed by atoms with E-state index in [1.165, 1.54) is 6.33 Å². The Morgan fingerprint density at radius 1 is 1.50 bits per heavy atom. The predicted octanol–water partition coefficient (Wildman–Crippen LogP) is 1.61. The summed E-state index contributed by atoms with van der Waals surface area (Å²) in [6.07, 6.45) is 4.97. The Balaban J connectivity index is 2.03. The average Bonchev–Trinajstić information content (AvgIpc) is 3.08. The van der Waals surface area contributed by atoms with Crippen molar-refractivity contribution in [2.24, 2.45) is 0 Å². The van der Waals surface area contributed by atoms with Crippen LogP contribution in [0.5, 0.6) is 0 Å². The fourth-order valence-corrected chi connectivity index (χ4v) is 2.36. The molecular formula is C16H24N6O2. The zero-order chi connectivity index (χ0) is 17.4. The number of amides is 2. The van der Waals surface area contributed by atoms with Crippen LogP contribution in [0.2, 0.25) is 0 Å². The molecule has 0 unspecified atom stereocenters. The molecule has 2 aromatic rings. The van der Waals surface area contributed by atoms with Crippen LogP contribution in [0.15, 0.2) is 30.9 Å². The fourth-order valence-electron chi connectivity index (χ4n) is 2.36. The number of carbonyl (C=O) groups is 1. The molecule has 24 heavy (non-hydrogen) atoms. The summed E-state index contributed by atoms with van der Waals surface area (Å²) in [5.74, 6) is 0.735. The van der Waals surface area contributed by atoms with Crippen LogP contribution in [-0.2, 0) is 17.8 Å². The Kier molecular flexibility index (Phi) is 6.68. The van der Waals surface area contributed by atoms with Gasteiger partial charge in [-0.3, -0.25) is 4.98 Å². The van der Waals surface area contributed by atoms with Gasteiger partial charge in [0.05, 0.1) is 12.6 Å². The number of aromatic nitrogens is 4. The Labute approximate surface area is 141 Å². The lowest BCUT2D eigenvalue weighted by Crippen LogP contribution is -2.42. The van der Waals surface area contributed by atoms with E-state index >= 15 is 0 Å². The van der Waals surface area contributed by atoms with E-state index in [-0.39, 0.29) is 12.1 Å². The van der Waals surface area contributed by atoms with Gasteiger partial charge in [-0.05, 0) is 25.5 Å². The molecule has 1 N–H and O–H groups in total. The number of urea groups is 1. The third-order valence-corrected chi connectivity index (χ3v) is 3.62. The molecule has 2 rings (SSSR count). The average molecular weight is 332 g/mol. The molecule has 1 atom stereocenters. The van der Waals surface area contributed by atoms with Gasteiger partial charge < -0.3 is 15.0 Å². The monoisotopic (exact) mass is 332 g/mol. The number of nitrogens with one attached hydrogen (secondary N) is 1. The molecule has 0 bridgehead atoms. The summed E-state index contributed by atoms with van der Waals surface area (Å²) in [7, 11) is 1.62. The number of aryl methyl sites for hydroxylation is 1. The lowest BCUT2D eigenvalue weighted by Gasteiger charge is -2.25. The standard InChI is InChI=1S/C16H24N6O2/c1-4-22-15(18-12-19-22)13(2)20-16(23)21(8-9-24-3)11-14-6-5-7-17-10-14/h5-7,10,12-13H,4,8-9,11H2,1-3H3,(H,20,23)/t13-/m0/s1. The van der Waals surface area contributed by atoms with E-state index in [9.17, 15) is 4.79 Å². The molecule has 0 aliphatic carbocycles. The van der Waals surface area contributed by atoms with Crippen molar-refractivity contribution >= 4 is 6.03 Å². The number of methoxy groups -OCH3 is 1. The van der Waals surface area contributed by atoms with E-state index < -0.39 is 0 Å². The number of rotatable bonds is 8. The normalized spacial score (nSPS) is 12.0. The van der Waals surface area contributed by atoms with Crippen molar-refractivity contribution in [3.05, 3.63) is 42.2 Å². The van der Waals surface area contributed by atoms with Gasteiger partial charge in [-0.25, -0.2) is 14.5 Å². The summed E-state index contributed by atoms with van der Waals surface area (Å²) < 4.78 is 6.88. The van der Waals surface area contributed by atoms with Gasteiger partial charge in [0, 0.05) is 39.1 Å². The second-order valence-corrected chi connectivity index (χ2v) is 5.38. The zero-order valence-electron chi connectivity index (χ0n) is 14.3. The first kappa shape index (κ1) is 17.9. The number of ether oxygens (including phenoxy) is 1. The molecule has 0 saturated heterocycles. The van der Waals surface area contributed by atoms with Crippen LogP contribution in [0.3, 0.4) is 0 Å². The minimum atomic E-state index is -0.237. The van der Waals surface area contributed by atoms with E-state index in [0.717, 1.165) is 11.4 Å². The second-order valence-electron chi connectivity index (χ2n) is 5.38. The van der Waals surface area contributed by atoms with E-state index in [0.29, 0.717) is 26.2 Å². The maximum absolute atomic E-state index is 12.6. The first-order chi connectivity index (χ1) is 11.7. The molecular weight excluding hydrogens is 308 g/mol. The first-order valence-electron chi connectivity index (χ1n) is 7.96. The second kappa shape index (κ2) is 8.97. The largest absolute Gasteiger partial charge is 0.383 e. The van der Waals surface area contributed by atoms with Gasteiger partial charge in [0.2, 0.25) is 0 Å². The van der Waals surface area contributed by atoms with Gasteiger partial charge in [0.25, 0.3) is 0 Å². The summed E-state index contributed by atoms with van der Waals surface area (Å²) in [5, 5.41) is 7.11. The molecule has 0 fully saturated rings. The molecule has 2 amide bonds. The molecule has 0 radical (unpaired) electrons. The highest BCUT2D eigenvalue weighted by atomic mass is 16.5. The lowest BCUT2D eigenvalue weighted by atomic mass is 10.2. The lowest BCUT2D eigenvalue weighted by molar-refractivity contribution is 0.144. The third kappa shape index (κ3) is 4.76. The molecule has 130 valence electrons. The smallest absolute Gasteiger partial charge is 0.318 e. The maximum Gasteiger partial charge on any atom is 0.318 e. The fraction of sp³-hybridized carbons (Fsp3) is 0.500. The van der Waals surface area contributed by atoms with Gasteiger partial charge in [0.15, 0.2) is 0 Å². The Hall–Kier alpha value is -2.48. The van der Waals surface area contributed by atoms with E-state index in [1.807, 2.05) is 26.0 Å². The van der Waals surface area contributed by atoms with Gasteiger partial charge in [-0.2, -0.15) is 5.10 Å². The Bertz CT molecular complexity index is 631. The van der Waals surface area contributed by atoms with Gasteiger partial charge in [-0.1, -0.05) is 6.07 Å². The first-order valence-corrected chi connectivity index (χ1v) is 7.96. The van der Waals surface area contributed by atoms with Crippen LogP contribution >= 0.6 is 0 Å². The number of hydrogen-bond donors (Lipinski definition) is 1. The molecule has 2 heterocycles. The van der Waals surface area contributed by atoms with Crippen molar-refractivity contribution in [2.75, 3.05) is 20.3 Å². The van der Waals surface area contributed by atoms with E-state index in [4.69, 9.17) is 4.74 Å². The highest BCUT2D eigenvalue weighted by molar-refractivity contribution is 5.74. The van der Waals surface area contributed by atoms with Crippen LogP contribution < -0.4 is 5.32 Å². The van der Waals surface area contributed by atoms with Gasteiger partial charge in [-0.15, -0.1) is 0 Å². The van der Waals surface area contributed by atoms with Gasteiger partial charge in [0.1, 0.15) is 12.2 Å². The Morgan fingerprint density at radius 3 is 3.00 bits per heavy atom. The van der Waals surface area contributed by atoms with Crippen LogP contribution in [0.25, 0.3) is 0 Å². The minimum Gasteiger partial charge on any atom is -0.383 e. The quantitative estimate of drug-likeness (QED) is 0.794. The highest BCUT2D eigenvalue weighted by Gasteiger charge is 2.19. The SMILES string of the molecule is CCn1ncnc1[C@H](C)NC(=O)N(CCOC)Cc1cccnc1. The molecule has 8 nitrogen and oxygen atoms in total. The molecule has 0 aromatic carbocycles. The third-order valence-electron chi connectivity index (χ3n) is 3.62. The molecule has 0 aliphatic rings. The summed E-state index contributed by atoms with van der Waals surface area (Å²) in [6, 6.07) is 3.39. The van der Waals surface area contributed by atoms with Crippen LogP contribution in [0, 0.1) is 0 Å². The molecule has 8 heteroatoms. The predicted molar refractivity (Wildman–Crippen MR) is 89.2 cm³/mol. The number of hydrogen-bond acceptors (Lipinski definition) is 5. The van der Waals surface area contributed by atoms with Crippen molar-refractivity contribution in [1.29, 1.82) is 0 Å². The summed E-state index contributed by atoms with van der Waals surface area (Å²) >= 11 is 0. The van der Waals surface area contributed by atoms with Crippen molar-refractivity contribution < 1.29 is 9.53 Å². The highest BCUT2D eigenvalue weighted by Crippen LogP contribution is 2.10. The van der Waals surface area contributed by atoms with Crippen LogP contribution in [0.4, 0.5) is 4.79 Å².